The lowest BCUT2D eigenvalue weighted by molar-refractivity contribution is -0.134. The number of likely N-dealkylation sites (tertiary alicyclic amines) is 1. The minimum atomic E-state index is -0.0139. The molecule has 0 saturated carbocycles. The highest BCUT2D eigenvalue weighted by Crippen LogP contribution is 2.18. The van der Waals surface area contributed by atoms with Gasteiger partial charge in [-0.1, -0.05) is 12.1 Å². The number of nitriles is 1. The molecule has 1 heterocycles. The topological polar surface area (TPSA) is 56.6 Å². The quantitative estimate of drug-likeness (QED) is 0.842. The molecule has 5 heteroatoms. The number of nitrogens with zero attached hydrogens (tertiary/aromatic N) is 3. The Labute approximate surface area is 125 Å². The minimum Gasteiger partial charge on any atom is -0.482 e. The zero-order chi connectivity index (χ0) is 15.2. The van der Waals surface area contributed by atoms with Crippen LogP contribution in [0.1, 0.15) is 18.4 Å². The summed E-state index contributed by atoms with van der Waals surface area (Å²) in [5.74, 6) is 0.455. The van der Waals surface area contributed by atoms with Gasteiger partial charge in [-0.3, -0.25) is 4.79 Å². The van der Waals surface area contributed by atoms with E-state index in [1.165, 1.54) is 0 Å². The van der Waals surface area contributed by atoms with Gasteiger partial charge in [0.05, 0.1) is 5.56 Å². The van der Waals surface area contributed by atoms with E-state index in [2.05, 4.69) is 25.1 Å². The summed E-state index contributed by atoms with van der Waals surface area (Å²) in [5, 5.41) is 8.98. The highest BCUT2D eigenvalue weighted by Gasteiger charge is 2.24. The molecule has 5 nitrogen and oxygen atoms in total. The Morgan fingerprint density at radius 1 is 1.38 bits per heavy atom. The minimum absolute atomic E-state index is 0.00861. The number of amides is 1. The number of carbonyl (C=O) groups excluding carboxylic acids is 1. The van der Waals surface area contributed by atoms with E-state index >= 15 is 0 Å². The molecule has 0 aromatic heterocycles. The number of piperidine rings is 1. The largest absolute Gasteiger partial charge is 0.482 e. The highest BCUT2D eigenvalue weighted by atomic mass is 16.5. The van der Waals surface area contributed by atoms with Gasteiger partial charge in [-0.25, -0.2) is 0 Å². The van der Waals surface area contributed by atoms with Crippen LogP contribution in [-0.2, 0) is 4.79 Å². The van der Waals surface area contributed by atoms with Gasteiger partial charge in [-0.15, -0.1) is 0 Å². The maximum Gasteiger partial charge on any atom is 0.260 e. The van der Waals surface area contributed by atoms with Gasteiger partial charge in [0.15, 0.2) is 6.61 Å². The molecule has 0 spiro atoms. The molecule has 21 heavy (non-hydrogen) atoms. The number of rotatable bonds is 4. The van der Waals surface area contributed by atoms with Crippen LogP contribution in [0.2, 0.25) is 0 Å². The van der Waals surface area contributed by atoms with Gasteiger partial charge >= 0.3 is 0 Å². The predicted octanol–water partition coefficient (Wildman–Crippen LogP) is 1.49. The van der Waals surface area contributed by atoms with E-state index in [1.807, 2.05) is 4.90 Å². The Balaban J connectivity index is 1.84. The first-order valence-electron chi connectivity index (χ1n) is 7.18. The van der Waals surface area contributed by atoms with Crippen molar-refractivity contribution in [2.24, 2.45) is 0 Å². The summed E-state index contributed by atoms with van der Waals surface area (Å²) in [6.07, 6.45) is 1.99. The first-order valence-corrected chi connectivity index (χ1v) is 7.18. The van der Waals surface area contributed by atoms with E-state index in [1.54, 1.807) is 24.3 Å². The van der Waals surface area contributed by atoms with Crippen molar-refractivity contribution in [3.8, 4) is 11.8 Å². The van der Waals surface area contributed by atoms with Gasteiger partial charge in [0.2, 0.25) is 0 Å². The van der Waals surface area contributed by atoms with Crippen LogP contribution in [0, 0.1) is 11.3 Å². The Morgan fingerprint density at radius 2 is 2.05 bits per heavy atom. The lowest BCUT2D eigenvalue weighted by atomic mass is 10.0. The smallest absolute Gasteiger partial charge is 0.260 e. The van der Waals surface area contributed by atoms with Crippen molar-refractivity contribution in [1.29, 1.82) is 5.26 Å². The number of hydrogen-bond acceptors (Lipinski definition) is 4. The predicted molar refractivity (Wildman–Crippen MR) is 79.9 cm³/mol. The Morgan fingerprint density at radius 3 is 2.67 bits per heavy atom. The number of benzene rings is 1. The van der Waals surface area contributed by atoms with Crippen LogP contribution in [0.25, 0.3) is 0 Å². The second-order valence-electron chi connectivity index (χ2n) is 5.47. The van der Waals surface area contributed by atoms with Crippen LogP contribution >= 0.6 is 0 Å². The van der Waals surface area contributed by atoms with E-state index in [0.717, 1.165) is 25.9 Å². The van der Waals surface area contributed by atoms with Gasteiger partial charge in [0, 0.05) is 19.1 Å². The maximum atomic E-state index is 12.2. The molecule has 1 aliphatic rings. The number of ether oxygens (including phenoxy) is 1. The Bertz CT molecular complexity index is 529. The third-order valence-electron chi connectivity index (χ3n) is 3.91. The fourth-order valence-corrected chi connectivity index (χ4v) is 2.55. The lowest BCUT2D eigenvalue weighted by Crippen LogP contribution is -2.45. The third kappa shape index (κ3) is 3.96. The van der Waals surface area contributed by atoms with Crippen molar-refractivity contribution in [2.45, 2.75) is 18.9 Å². The SMILES string of the molecule is CN(C)C1CCN(C(=O)COc2ccccc2C#N)CC1. The van der Waals surface area contributed by atoms with Crippen LogP contribution in [0.4, 0.5) is 0 Å². The summed E-state index contributed by atoms with van der Waals surface area (Å²) in [4.78, 5) is 16.2. The van der Waals surface area contributed by atoms with Crippen LogP contribution < -0.4 is 4.74 Å². The van der Waals surface area contributed by atoms with E-state index in [0.29, 0.717) is 17.4 Å². The van der Waals surface area contributed by atoms with Crippen molar-refractivity contribution in [3.63, 3.8) is 0 Å². The van der Waals surface area contributed by atoms with Crippen LogP contribution in [0.3, 0.4) is 0 Å². The number of carbonyl (C=O) groups is 1. The van der Waals surface area contributed by atoms with Crippen molar-refractivity contribution in [3.05, 3.63) is 29.8 Å². The van der Waals surface area contributed by atoms with Crippen LogP contribution in [-0.4, -0.2) is 55.5 Å². The molecule has 0 atom stereocenters. The zero-order valence-electron chi connectivity index (χ0n) is 12.6. The second-order valence-corrected chi connectivity index (χ2v) is 5.47. The van der Waals surface area contributed by atoms with Crippen molar-refractivity contribution in [1.82, 2.24) is 9.80 Å². The van der Waals surface area contributed by atoms with Crippen LogP contribution in [0.5, 0.6) is 5.75 Å². The molecule has 0 N–H and O–H groups in total. The molecule has 2 rings (SSSR count). The molecule has 1 aromatic rings. The normalized spacial score (nSPS) is 15.8. The standard InChI is InChI=1S/C16H21N3O2/c1-18(2)14-7-9-19(10-8-14)16(20)12-21-15-6-4-3-5-13(15)11-17/h3-6,14H,7-10,12H2,1-2H3. The van der Waals surface area contributed by atoms with Gasteiger partial charge in [-0.05, 0) is 39.1 Å². The first kappa shape index (κ1) is 15.3. The molecule has 0 unspecified atom stereocenters. The van der Waals surface area contributed by atoms with E-state index in [4.69, 9.17) is 10.00 Å². The summed E-state index contributed by atoms with van der Waals surface area (Å²) < 4.78 is 5.49. The fourth-order valence-electron chi connectivity index (χ4n) is 2.55. The third-order valence-corrected chi connectivity index (χ3v) is 3.91. The summed E-state index contributed by atoms with van der Waals surface area (Å²) in [7, 11) is 4.15. The average molecular weight is 287 g/mol. The summed E-state index contributed by atoms with van der Waals surface area (Å²) >= 11 is 0. The second kappa shape index (κ2) is 7.09. The Kier molecular flexibility index (Phi) is 5.18. The van der Waals surface area contributed by atoms with Gasteiger partial charge < -0.3 is 14.5 Å². The molecular formula is C16H21N3O2. The summed E-state index contributed by atoms with van der Waals surface area (Å²) in [6, 6.07) is 9.58. The average Bonchev–Trinajstić information content (AvgIpc) is 2.52. The molecule has 0 radical (unpaired) electrons. The molecule has 1 aliphatic heterocycles. The summed E-state index contributed by atoms with van der Waals surface area (Å²) in [6.45, 7) is 1.53. The fraction of sp³-hybridized carbons (Fsp3) is 0.500. The maximum absolute atomic E-state index is 12.2. The van der Waals surface area contributed by atoms with Crippen molar-refractivity contribution < 1.29 is 9.53 Å². The molecular weight excluding hydrogens is 266 g/mol. The van der Waals surface area contributed by atoms with E-state index < -0.39 is 0 Å². The first-order chi connectivity index (χ1) is 10.1. The molecule has 0 aliphatic carbocycles. The Hall–Kier alpha value is -2.06. The zero-order valence-corrected chi connectivity index (χ0v) is 12.6. The molecule has 1 amide bonds. The van der Waals surface area contributed by atoms with Crippen molar-refractivity contribution >= 4 is 5.91 Å². The lowest BCUT2D eigenvalue weighted by Gasteiger charge is -2.35. The van der Waals surface area contributed by atoms with E-state index in [9.17, 15) is 4.79 Å². The molecule has 0 bridgehead atoms. The molecule has 112 valence electrons. The molecule has 1 aromatic carbocycles. The van der Waals surface area contributed by atoms with Gasteiger partial charge in [0.1, 0.15) is 11.8 Å². The summed E-state index contributed by atoms with van der Waals surface area (Å²) in [5.41, 5.74) is 0.455. The molecule has 1 fully saturated rings. The van der Waals surface area contributed by atoms with Crippen LogP contribution in [0.15, 0.2) is 24.3 Å². The van der Waals surface area contributed by atoms with Gasteiger partial charge in [0.25, 0.3) is 5.91 Å². The highest BCUT2D eigenvalue weighted by molar-refractivity contribution is 5.78. The van der Waals surface area contributed by atoms with Crippen molar-refractivity contribution in [2.75, 3.05) is 33.8 Å². The monoisotopic (exact) mass is 287 g/mol. The van der Waals surface area contributed by atoms with E-state index in [-0.39, 0.29) is 12.5 Å². The van der Waals surface area contributed by atoms with Gasteiger partial charge in [-0.2, -0.15) is 5.26 Å². The number of para-hydroxylation sites is 1. The molecule has 1 saturated heterocycles. The number of hydrogen-bond donors (Lipinski definition) is 0.